The van der Waals surface area contributed by atoms with Crippen molar-refractivity contribution in [3.05, 3.63) is 23.8 Å². The van der Waals surface area contributed by atoms with Gasteiger partial charge in [0.05, 0.1) is 11.4 Å². The lowest BCUT2D eigenvalue weighted by Gasteiger charge is -2.32. The van der Waals surface area contributed by atoms with E-state index < -0.39 is 117 Å². The lowest BCUT2D eigenvalue weighted by Crippen LogP contribution is -2.60. The third-order valence-electron chi connectivity index (χ3n) is 4.99. The standard InChI is InChI=1S/C19H6F20N2O4/c1-5-4-6(40(8(42)12(20,21)16(28,29)30)9(43)13(22,23)17(31,32)33)2-3-7(5)41(10(44)14(24,25)18(34,35)36)11(45)15(26,27)19(37,38)39/h2-4H,1H3. The number of aryl methyl sites for hydroxylation is 1. The fourth-order valence-corrected chi connectivity index (χ4v) is 2.71. The maximum absolute atomic E-state index is 13.7. The monoisotopic (exact) mass is 706 g/mol. The minimum atomic E-state index is -7.17. The number of nitrogens with zero attached hydrogens (tertiary/aromatic N) is 2. The van der Waals surface area contributed by atoms with Crippen molar-refractivity contribution in [2.75, 3.05) is 9.80 Å². The number of benzene rings is 1. The molecular formula is C19H6F20N2O4. The van der Waals surface area contributed by atoms with E-state index in [1.807, 2.05) is 0 Å². The highest BCUT2D eigenvalue weighted by atomic mass is 19.4. The molecule has 0 aromatic heterocycles. The summed E-state index contributed by atoms with van der Waals surface area (Å²) in [5, 5.41) is 0. The molecule has 0 saturated heterocycles. The lowest BCUT2D eigenvalue weighted by atomic mass is 10.1. The number of halogens is 20. The summed E-state index contributed by atoms with van der Waals surface area (Å²) >= 11 is 0. The number of hydrogen-bond acceptors (Lipinski definition) is 4. The average Bonchev–Trinajstić information content (AvgIpc) is 2.82. The topological polar surface area (TPSA) is 74.8 Å². The molecule has 0 aliphatic carbocycles. The molecule has 1 aromatic carbocycles. The highest BCUT2D eigenvalue weighted by molar-refractivity contribution is 6.21. The first-order valence-electron chi connectivity index (χ1n) is 10.2. The van der Waals surface area contributed by atoms with E-state index in [-0.39, 0.29) is 6.92 Å². The van der Waals surface area contributed by atoms with E-state index in [1.165, 1.54) is 0 Å². The fourth-order valence-electron chi connectivity index (χ4n) is 2.71. The van der Waals surface area contributed by atoms with Gasteiger partial charge in [-0.05, 0) is 30.7 Å². The molecule has 0 unspecified atom stereocenters. The minimum absolute atomic E-state index is 0.0409. The molecule has 256 valence electrons. The van der Waals surface area contributed by atoms with Crippen LogP contribution in [0, 0.1) is 6.92 Å². The second-order valence-corrected chi connectivity index (χ2v) is 8.15. The van der Waals surface area contributed by atoms with E-state index in [0.717, 1.165) is 0 Å². The van der Waals surface area contributed by atoms with Crippen LogP contribution in [0.3, 0.4) is 0 Å². The summed E-state index contributed by atoms with van der Waals surface area (Å²) in [6.45, 7) is -0.0409. The van der Waals surface area contributed by atoms with Gasteiger partial charge >= 0.3 is 72.0 Å². The molecule has 0 aliphatic rings. The first kappa shape index (κ1) is 39.1. The van der Waals surface area contributed by atoms with E-state index in [9.17, 15) is 107 Å². The van der Waals surface area contributed by atoms with Crippen LogP contribution in [0.2, 0.25) is 0 Å². The first-order chi connectivity index (χ1) is 19.5. The van der Waals surface area contributed by atoms with E-state index in [0.29, 0.717) is 0 Å². The zero-order chi connectivity index (χ0) is 36.3. The Morgan fingerprint density at radius 2 is 0.689 bits per heavy atom. The summed E-state index contributed by atoms with van der Waals surface area (Å²) < 4.78 is 261. The molecule has 0 aliphatic heterocycles. The maximum Gasteiger partial charge on any atom is 0.463 e. The van der Waals surface area contributed by atoms with Gasteiger partial charge in [0, 0.05) is 0 Å². The molecule has 6 nitrogen and oxygen atoms in total. The highest BCUT2D eigenvalue weighted by Gasteiger charge is 2.72. The van der Waals surface area contributed by atoms with Gasteiger partial charge in [-0.15, -0.1) is 0 Å². The largest absolute Gasteiger partial charge is 0.463 e. The molecule has 0 heterocycles. The third-order valence-corrected chi connectivity index (χ3v) is 4.99. The second kappa shape index (κ2) is 11.2. The van der Waals surface area contributed by atoms with Crippen molar-refractivity contribution >= 4 is 35.0 Å². The summed E-state index contributed by atoms with van der Waals surface area (Å²) in [6, 6.07) is -2.17. The number of carbonyl (C=O) groups is 4. The zero-order valence-electron chi connectivity index (χ0n) is 20.3. The van der Waals surface area contributed by atoms with Crippen LogP contribution >= 0.6 is 0 Å². The number of imide groups is 2. The molecule has 0 saturated carbocycles. The molecule has 1 rings (SSSR count). The van der Waals surface area contributed by atoms with Crippen LogP contribution in [0.1, 0.15) is 5.56 Å². The Kier molecular flexibility index (Phi) is 9.71. The molecule has 0 radical (unpaired) electrons. The Morgan fingerprint density at radius 1 is 0.444 bits per heavy atom. The minimum Gasteiger partial charge on any atom is -0.267 e. The lowest BCUT2D eigenvalue weighted by molar-refractivity contribution is -0.274. The van der Waals surface area contributed by atoms with Gasteiger partial charge in [0.15, 0.2) is 0 Å². The van der Waals surface area contributed by atoms with Crippen LogP contribution in [0.4, 0.5) is 99.2 Å². The van der Waals surface area contributed by atoms with Crippen molar-refractivity contribution in [2.24, 2.45) is 0 Å². The van der Waals surface area contributed by atoms with Crippen LogP contribution in [0.25, 0.3) is 0 Å². The van der Waals surface area contributed by atoms with Crippen LogP contribution < -0.4 is 9.80 Å². The predicted octanol–water partition coefficient (Wildman–Crippen LogP) is 6.50. The van der Waals surface area contributed by atoms with Gasteiger partial charge in [-0.2, -0.15) is 87.8 Å². The molecule has 26 heteroatoms. The van der Waals surface area contributed by atoms with Gasteiger partial charge in [0.1, 0.15) is 0 Å². The fraction of sp³-hybridized carbons (Fsp3) is 0.474. The molecule has 0 fully saturated rings. The van der Waals surface area contributed by atoms with Crippen LogP contribution in [-0.4, -0.2) is 72.0 Å². The van der Waals surface area contributed by atoms with Crippen molar-refractivity contribution in [2.45, 2.75) is 55.3 Å². The molecule has 45 heavy (non-hydrogen) atoms. The molecule has 4 amide bonds. The Labute approximate surface area is 232 Å². The number of alkyl halides is 20. The van der Waals surface area contributed by atoms with Gasteiger partial charge in [-0.25, -0.2) is 9.80 Å². The smallest absolute Gasteiger partial charge is 0.267 e. The number of carbonyl (C=O) groups excluding carboxylic acids is 4. The van der Waals surface area contributed by atoms with Crippen LogP contribution in [0.5, 0.6) is 0 Å². The molecular weight excluding hydrogens is 700 g/mol. The quantitative estimate of drug-likeness (QED) is 0.317. The molecule has 0 N–H and O–H groups in total. The number of anilines is 2. The van der Waals surface area contributed by atoms with Crippen molar-refractivity contribution in [3.8, 4) is 0 Å². The van der Waals surface area contributed by atoms with Crippen molar-refractivity contribution in [1.29, 1.82) is 0 Å². The SMILES string of the molecule is Cc1cc(N(C(=O)C(F)(F)C(F)(F)F)C(=O)C(F)(F)C(F)(F)F)ccc1N(C(=O)C(F)(F)C(F)(F)F)C(=O)C(F)(F)C(F)(F)F. The molecule has 0 spiro atoms. The number of amides is 4. The van der Waals surface area contributed by atoms with E-state index in [2.05, 4.69) is 0 Å². The maximum atomic E-state index is 13.7. The van der Waals surface area contributed by atoms with E-state index in [1.54, 1.807) is 0 Å². The summed E-state index contributed by atoms with van der Waals surface area (Å²) in [5.41, 5.74) is -6.52. The van der Waals surface area contributed by atoms with Gasteiger partial charge < -0.3 is 0 Å². The van der Waals surface area contributed by atoms with Gasteiger partial charge in [-0.3, -0.25) is 19.2 Å². The Bertz CT molecular complexity index is 1280. The van der Waals surface area contributed by atoms with Crippen molar-refractivity contribution in [1.82, 2.24) is 0 Å². The Morgan fingerprint density at radius 3 is 0.911 bits per heavy atom. The number of hydrogen-bond donors (Lipinski definition) is 0. The van der Waals surface area contributed by atoms with Crippen LogP contribution in [0.15, 0.2) is 18.2 Å². The van der Waals surface area contributed by atoms with Gasteiger partial charge in [-0.1, -0.05) is 0 Å². The summed E-state index contributed by atoms with van der Waals surface area (Å²) in [6.07, 6.45) is -28.7. The van der Waals surface area contributed by atoms with Crippen molar-refractivity contribution in [3.63, 3.8) is 0 Å². The summed E-state index contributed by atoms with van der Waals surface area (Å²) in [4.78, 5) is 42.9. The Hall–Kier alpha value is -3.90. The number of rotatable bonds is 6. The third kappa shape index (κ3) is 6.72. The molecule has 0 atom stereocenters. The summed E-state index contributed by atoms with van der Waals surface area (Å²) in [7, 11) is 0. The molecule has 0 bridgehead atoms. The summed E-state index contributed by atoms with van der Waals surface area (Å²) in [5.74, 6) is -45.2. The van der Waals surface area contributed by atoms with Gasteiger partial charge in [0.2, 0.25) is 0 Å². The molecule has 1 aromatic rings. The van der Waals surface area contributed by atoms with E-state index >= 15 is 0 Å². The predicted molar refractivity (Wildman–Crippen MR) is 100 cm³/mol. The Balaban J connectivity index is 4.15. The van der Waals surface area contributed by atoms with Crippen LogP contribution in [-0.2, 0) is 19.2 Å². The average molecular weight is 706 g/mol. The highest BCUT2D eigenvalue weighted by Crippen LogP contribution is 2.45. The van der Waals surface area contributed by atoms with Gasteiger partial charge in [0.25, 0.3) is 0 Å². The zero-order valence-corrected chi connectivity index (χ0v) is 20.3. The van der Waals surface area contributed by atoms with E-state index in [4.69, 9.17) is 0 Å². The second-order valence-electron chi connectivity index (χ2n) is 8.15. The van der Waals surface area contributed by atoms with Crippen molar-refractivity contribution < 1.29 is 107 Å². The first-order valence-corrected chi connectivity index (χ1v) is 10.2. The normalized spacial score (nSPS) is 14.2.